The molecule has 1 atom stereocenters. The summed E-state index contributed by atoms with van der Waals surface area (Å²) in [5.74, 6) is 1.12. The number of allylic oxidation sites excluding steroid dienone is 2. The predicted octanol–water partition coefficient (Wildman–Crippen LogP) is 11.1. The highest BCUT2D eigenvalue weighted by Gasteiger charge is 2.30. The number of aromatic amines is 1. The Morgan fingerprint density at radius 2 is 1.28 bits per heavy atom. The lowest BCUT2D eigenvalue weighted by Gasteiger charge is -2.24. The molecule has 0 amide bonds. The van der Waals surface area contributed by atoms with E-state index in [4.69, 9.17) is 4.98 Å². The molecule has 6 nitrogen and oxygen atoms in total. The van der Waals surface area contributed by atoms with E-state index in [1.54, 1.807) is 16.7 Å². The summed E-state index contributed by atoms with van der Waals surface area (Å²) in [6.45, 7) is 8.85. The first-order valence-corrected chi connectivity index (χ1v) is 20.0. The Morgan fingerprint density at radius 1 is 0.717 bits per heavy atom. The predicted molar refractivity (Wildman–Crippen MR) is 217 cm³/mol. The number of Topliss-reactive ketones (excluding diaryl/α,β-unsaturated/α-hetero) is 1. The van der Waals surface area contributed by atoms with Gasteiger partial charge in [-0.25, -0.2) is 4.98 Å². The molecule has 6 rings (SSSR count). The fourth-order valence-electron chi connectivity index (χ4n) is 7.47. The van der Waals surface area contributed by atoms with Crippen molar-refractivity contribution in [3.63, 3.8) is 0 Å². The summed E-state index contributed by atoms with van der Waals surface area (Å²) in [6, 6.07) is 23.6. The quantitative estimate of drug-likeness (QED) is 0.0886. The number of hydrogen-bond acceptors (Lipinski definition) is 4. The van der Waals surface area contributed by atoms with Gasteiger partial charge in [0.15, 0.2) is 11.6 Å². The monoisotopic (exact) mass is 711 g/mol. The van der Waals surface area contributed by atoms with Crippen LogP contribution in [-0.2, 0) is 23.1 Å². The lowest BCUT2D eigenvalue weighted by Crippen LogP contribution is -2.23. The number of rotatable bonds is 18. The van der Waals surface area contributed by atoms with Crippen molar-refractivity contribution in [3.8, 4) is 22.8 Å². The molecule has 53 heavy (non-hydrogen) atoms. The molecular formula is C47H57N3O3. The van der Waals surface area contributed by atoms with Gasteiger partial charge in [-0.05, 0) is 51.8 Å². The first-order chi connectivity index (χ1) is 25.6. The van der Waals surface area contributed by atoms with Crippen LogP contribution in [0.2, 0.25) is 0 Å². The molecule has 0 fully saturated rings. The van der Waals surface area contributed by atoms with E-state index in [0.29, 0.717) is 24.4 Å². The Hall–Kier alpha value is -4.71. The molecule has 2 N–H and O–H groups in total. The van der Waals surface area contributed by atoms with E-state index in [1.165, 1.54) is 69.8 Å². The van der Waals surface area contributed by atoms with Gasteiger partial charge in [0.2, 0.25) is 0 Å². The summed E-state index contributed by atoms with van der Waals surface area (Å²) in [7, 11) is 0. The molecule has 1 unspecified atom stereocenters. The van der Waals surface area contributed by atoms with E-state index in [2.05, 4.69) is 63.0 Å². The zero-order valence-electron chi connectivity index (χ0n) is 32.2. The molecule has 2 aliphatic heterocycles. The van der Waals surface area contributed by atoms with Crippen molar-refractivity contribution in [1.82, 2.24) is 14.5 Å². The number of phenols is 1. The molecule has 3 aromatic carbocycles. The first-order valence-electron chi connectivity index (χ1n) is 20.0. The van der Waals surface area contributed by atoms with Crippen LogP contribution in [-0.4, -0.2) is 25.4 Å². The van der Waals surface area contributed by atoms with Gasteiger partial charge in [-0.1, -0.05) is 165 Å². The average Bonchev–Trinajstić information content (AvgIpc) is 3.46. The summed E-state index contributed by atoms with van der Waals surface area (Å²) in [6.07, 6.45) is 20.3. The smallest absolute Gasteiger partial charge is 0.278 e. The molecule has 0 bridgehead atoms. The van der Waals surface area contributed by atoms with Gasteiger partial charge in [-0.15, -0.1) is 0 Å². The van der Waals surface area contributed by atoms with Crippen molar-refractivity contribution in [2.75, 3.05) is 0 Å². The Bertz CT molecular complexity index is 2010. The number of benzene rings is 3. The van der Waals surface area contributed by atoms with E-state index in [0.717, 1.165) is 52.1 Å². The molecule has 0 saturated carbocycles. The van der Waals surface area contributed by atoms with E-state index >= 15 is 0 Å². The van der Waals surface area contributed by atoms with Crippen molar-refractivity contribution in [1.29, 1.82) is 0 Å². The second-order valence-electron chi connectivity index (χ2n) is 16.1. The van der Waals surface area contributed by atoms with Crippen LogP contribution >= 0.6 is 0 Å². The molecule has 2 heterocycles. The Labute approximate surface area is 315 Å². The molecule has 0 radical (unpaired) electrons. The molecule has 6 heteroatoms. The van der Waals surface area contributed by atoms with Gasteiger partial charge in [0.05, 0.1) is 11.4 Å². The topological polar surface area (TPSA) is 88.0 Å². The zero-order valence-corrected chi connectivity index (χ0v) is 32.2. The minimum Gasteiger partial charge on any atom is -0.508 e. The summed E-state index contributed by atoms with van der Waals surface area (Å²) in [5, 5.41) is 9.84. The van der Waals surface area contributed by atoms with Crippen LogP contribution in [0.3, 0.4) is 0 Å². The number of ketones is 1. The highest BCUT2D eigenvalue weighted by atomic mass is 16.3. The maximum absolute atomic E-state index is 13.9. The fourth-order valence-corrected chi connectivity index (χ4v) is 7.47. The minimum absolute atomic E-state index is 0.0363. The molecule has 1 aliphatic carbocycles. The zero-order chi connectivity index (χ0) is 37.4. The Kier molecular flexibility index (Phi) is 12.5. The molecule has 0 saturated heterocycles. The number of H-pyrrole nitrogens is 1. The molecule has 0 aromatic heterocycles. The highest BCUT2D eigenvalue weighted by molar-refractivity contribution is 6.28. The molecule has 3 aromatic rings. The molecular weight excluding hydrogens is 655 g/mol. The van der Waals surface area contributed by atoms with Crippen LogP contribution < -0.4 is 5.56 Å². The molecule has 0 spiro atoms. The number of imidazole rings is 1. The number of carbonyl (C=O) groups is 1. The molecule has 278 valence electrons. The standard InChI is InChI=1S/C47H57N3O3/c1-5-6-7-8-9-10-11-12-13-14-15-16-37-31-40(44(37)52)35-21-17-33(18-22-35)30-42-46(53)50-32-43(36-23-25-38(26-24-36)47(2,3)4)48-41(45(50)49-42)29-34-19-27-39(51)28-20-34/h17-28,31-32,37,48,51H,5-16,29-30H2,1-4H3. The SMILES string of the molecule is CCCCCCCCCCCCCC1C=C(c2ccc(Cc3nc4c(Cc5ccc(O)cc5)[nH]c(-c5ccc(C(C)(C)C)cc5)cn-4c3=O)cc2)C1=O. The van der Waals surface area contributed by atoms with Gasteiger partial charge in [0, 0.05) is 30.5 Å². The number of aromatic hydroxyl groups is 1. The number of carbonyl (C=O) groups excluding carboxylic acids is 1. The van der Waals surface area contributed by atoms with Crippen molar-refractivity contribution >= 4 is 11.4 Å². The highest BCUT2D eigenvalue weighted by Crippen LogP contribution is 2.34. The van der Waals surface area contributed by atoms with Gasteiger partial charge in [-0.2, -0.15) is 0 Å². The number of nitrogens with zero attached hydrogens (tertiary/aromatic N) is 2. The largest absolute Gasteiger partial charge is 0.508 e. The summed E-state index contributed by atoms with van der Waals surface area (Å²) >= 11 is 0. The van der Waals surface area contributed by atoms with Crippen LogP contribution in [0.4, 0.5) is 0 Å². The summed E-state index contributed by atoms with van der Waals surface area (Å²) in [5.41, 5.74) is 7.98. The number of fused-ring (bicyclic) bond motifs is 1. The number of phenolic OH excluding ortho intramolecular Hbond substituents is 1. The van der Waals surface area contributed by atoms with Gasteiger partial charge in [0.25, 0.3) is 5.56 Å². The lowest BCUT2D eigenvalue weighted by atomic mass is 9.78. The van der Waals surface area contributed by atoms with Crippen LogP contribution in [0.15, 0.2) is 89.9 Å². The third-order valence-electron chi connectivity index (χ3n) is 10.9. The van der Waals surface area contributed by atoms with Crippen LogP contribution in [0.25, 0.3) is 22.6 Å². The third-order valence-corrected chi connectivity index (χ3v) is 10.9. The second kappa shape index (κ2) is 17.4. The first kappa shape index (κ1) is 38.0. The van der Waals surface area contributed by atoms with Crippen LogP contribution in [0.5, 0.6) is 5.75 Å². The average molecular weight is 712 g/mol. The summed E-state index contributed by atoms with van der Waals surface area (Å²) < 4.78 is 1.66. The van der Waals surface area contributed by atoms with Gasteiger partial charge >= 0.3 is 0 Å². The molecule has 3 aliphatic rings. The van der Waals surface area contributed by atoms with Crippen LogP contribution in [0.1, 0.15) is 138 Å². The number of aromatic nitrogens is 3. The second-order valence-corrected chi connectivity index (χ2v) is 16.1. The normalized spacial score (nSPS) is 14.5. The third kappa shape index (κ3) is 9.64. The van der Waals surface area contributed by atoms with Crippen molar-refractivity contribution in [2.24, 2.45) is 5.92 Å². The summed E-state index contributed by atoms with van der Waals surface area (Å²) in [4.78, 5) is 35.4. The Balaban J connectivity index is 1.10. The van der Waals surface area contributed by atoms with Crippen molar-refractivity contribution < 1.29 is 9.90 Å². The number of hydrogen-bond donors (Lipinski definition) is 2. The fraction of sp³-hybridized carbons (Fsp3) is 0.426. The van der Waals surface area contributed by atoms with Crippen molar-refractivity contribution in [2.45, 2.75) is 123 Å². The lowest BCUT2D eigenvalue weighted by molar-refractivity contribution is -0.117. The maximum Gasteiger partial charge on any atom is 0.278 e. The number of unbranched alkanes of at least 4 members (excludes halogenated alkanes) is 10. The van der Waals surface area contributed by atoms with Crippen molar-refractivity contribution in [3.05, 3.63) is 129 Å². The number of nitrogens with one attached hydrogen (secondary N) is 1. The van der Waals surface area contributed by atoms with E-state index in [-0.39, 0.29) is 28.4 Å². The Morgan fingerprint density at radius 3 is 1.89 bits per heavy atom. The van der Waals surface area contributed by atoms with Crippen LogP contribution in [0, 0.1) is 5.92 Å². The van der Waals surface area contributed by atoms with Gasteiger partial charge < -0.3 is 10.1 Å². The maximum atomic E-state index is 13.9. The van der Waals surface area contributed by atoms with E-state index in [9.17, 15) is 14.7 Å². The van der Waals surface area contributed by atoms with E-state index < -0.39 is 0 Å². The minimum atomic E-state index is -0.139. The van der Waals surface area contributed by atoms with Gasteiger partial charge in [0.1, 0.15) is 11.4 Å². The van der Waals surface area contributed by atoms with Gasteiger partial charge in [-0.3, -0.25) is 14.2 Å². The van der Waals surface area contributed by atoms with E-state index in [1.807, 2.05) is 42.6 Å².